The number of ketones is 2. The molecule has 0 aromatic heterocycles. The van der Waals surface area contributed by atoms with E-state index in [0.29, 0.717) is 21.8 Å². The first-order valence-electron chi connectivity index (χ1n) is 11.5. The summed E-state index contributed by atoms with van der Waals surface area (Å²) in [5, 5.41) is 9.29. The minimum Gasteiger partial charge on any atom is -0.491 e. The van der Waals surface area contributed by atoms with E-state index in [0.717, 1.165) is 12.7 Å². The van der Waals surface area contributed by atoms with Crippen molar-refractivity contribution in [2.75, 3.05) is 20.3 Å². The van der Waals surface area contributed by atoms with Gasteiger partial charge in [0.15, 0.2) is 11.6 Å². The number of halogens is 1. The second-order valence-electron chi connectivity index (χ2n) is 8.99. The van der Waals surface area contributed by atoms with Gasteiger partial charge in [-0.15, -0.1) is 0 Å². The third-order valence-corrected chi connectivity index (χ3v) is 7.86. The summed E-state index contributed by atoms with van der Waals surface area (Å²) in [7, 11) is 1.10. The Hall–Kier alpha value is -3.37. The van der Waals surface area contributed by atoms with Gasteiger partial charge in [-0.05, 0) is 40.8 Å². The van der Waals surface area contributed by atoms with Crippen LogP contribution in [0.5, 0.6) is 5.75 Å². The van der Waals surface area contributed by atoms with Crippen molar-refractivity contribution in [3.05, 3.63) is 63.2 Å². The topological polar surface area (TPSA) is 127 Å². The molecule has 3 amide bonds. The molecule has 3 aliphatic carbocycles. The van der Waals surface area contributed by atoms with Gasteiger partial charge in [0.1, 0.15) is 12.4 Å². The van der Waals surface area contributed by atoms with Gasteiger partial charge in [0.25, 0.3) is 0 Å². The summed E-state index contributed by atoms with van der Waals surface area (Å²) in [4.78, 5) is 65.6. The van der Waals surface area contributed by atoms with Gasteiger partial charge in [0.2, 0.25) is 11.8 Å². The molecule has 0 spiro atoms. The van der Waals surface area contributed by atoms with Gasteiger partial charge in [0.05, 0.1) is 30.0 Å². The van der Waals surface area contributed by atoms with Crippen molar-refractivity contribution in [2.45, 2.75) is 18.8 Å². The molecule has 1 saturated heterocycles. The number of methoxy groups -OCH3 is 1. The summed E-state index contributed by atoms with van der Waals surface area (Å²) >= 11 is 3.18. The third kappa shape index (κ3) is 3.58. The van der Waals surface area contributed by atoms with E-state index in [1.54, 1.807) is 24.3 Å². The Kier molecular flexibility index (Phi) is 6.25. The van der Waals surface area contributed by atoms with E-state index in [1.807, 2.05) is 6.08 Å². The Bertz CT molecular complexity index is 1310. The summed E-state index contributed by atoms with van der Waals surface area (Å²) in [6.45, 7) is -0.183. The number of carbonyl (C=O) groups is 5. The molecular weight excluding hydrogens is 534 g/mol. The number of aliphatic hydroxyl groups excluding tert-OH is 1. The Labute approximate surface area is 214 Å². The lowest BCUT2D eigenvalue weighted by Gasteiger charge is -2.42. The summed E-state index contributed by atoms with van der Waals surface area (Å²) in [6.07, 6.45) is 2.35. The Balaban J connectivity index is 1.68. The van der Waals surface area contributed by atoms with Crippen LogP contribution in [0.2, 0.25) is 0 Å². The van der Waals surface area contributed by atoms with Crippen LogP contribution in [0.3, 0.4) is 0 Å². The van der Waals surface area contributed by atoms with Crippen LogP contribution in [-0.4, -0.2) is 59.8 Å². The maximum atomic E-state index is 13.4. The zero-order valence-corrected chi connectivity index (χ0v) is 20.8. The standard InChI is InChI=1S/C26H22BrNO8/c1-35-26(34)28-24(32)14-7-6-12-15(21(14)25(28)33)10-16-22(18(30)11-17(27)23(16)31)20(12)13-4-2-3-5-19(13)36-9-8-29/h2-6,11,14-15,20-21,29H,7-10H2,1H3/t14-,15+,20+,21-/m0/s1. The number of allylic oxidation sites excluding steroid dienone is 6. The first-order valence-corrected chi connectivity index (χ1v) is 12.3. The molecule has 1 aromatic rings. The number of benzene rings is 1. The van der Waals surface area contributed by atoms with Crippen LogP contribution in [-0.2, 0) is 23.9 Å². The quantitative estimate of drug-likeness (QED) is 0.341. The van der Waals surface area contributed by atoms with E-state index >= 15 is 0 Å². The van der Waals surface area contributed by atoms with Crippen molar-refractivity contribution in [1.82, 2.24) is 4.90 Å². The lowest BCUT2D eigenvalue weighted by atomic mass is 9.59. The van der Waals surface area contributed by atoms with Crippen LogP contribution < -0.4 is 4.74 Å². The van der Waals surface area contributed by atoms with Gasteiger partial charge in [-0.3, -0.25) is 19.2 Å². The number of likely N-dealkylation sites (tertiary alicyclic amines) is 1. The van der Waals surface area contributed by atoms with Crippen LogP contribution in [0.25, 0.3) is 0 Å². The fourth-order valence-electron chi connectivity index (χ4n) is 5.84. The number of ether oxygens (including phenoxy) is 2. The zero-order chi connectivity index (χ0) is 25.7. The fourth-order valence-corrected chi connectivity index (χ4v) is 6.29. The monoisotopic (exact) mass is 555 g/mol. The molecular formula is C26H22BrNO8. The van der Waals surface area contributed by atoms with Gasteiger partial charge in [0, 0.05) is 28.7 Å². The molecule has 5 rings (SSSR count). The molecule has 4 atom stereocenters. The second-order valence-corrected chi connectivity index (χ2v) is 9.84. The molecule has 1 aliphatic heterocycles. The molecule has 1 fully saturated rings. The molecule has 1 aromatic carbocycles. The predicted octanol–water partition coefficient (Wildman–Crippen LogP) is 2.59. The number of amides is 3. The maximum absolute atomic E-state index is 13.4. The minimum absolute atomic E-state index is 0.0300. The van der Waals surface area contributed by atoms with Crippen LogP contribution in [0.4, 0.5) is 4.79 Å². The van der Waals surface area contributed by atoms with Crippen LogP contribution in [0.1, 0.15) is 24.3 Å². The smallest absolute Gasteiger partial charge is 0.423 e. The van der Waals surface area contributed by atoms with Crippen molar-refractivity contribution in [1.29, 1.82) is 0 Å². The van der Waals surface area contributed by atoms with Crippen LogP contribution in [0.15, 0.2) is 57.6 Å². The van der Waals surface area contributed by atoms with E-state index < -0.39 is 41.6 Å². The van der Waals surface area contributed by atoms with Gasteiger partial charge >= 0.3 is 6.09 Å². The van der Waals surface area contributed by atoms with Gasteiger partial charge < -0.3 is 14.6 Å². The van der Waals surface area contributed by atoms with E-state index in [4.69, 9.17) is 4.74 Å². The van der Waals surface area contributed by atoms with Crippen LogP contribution in [0, 0.1) is 17.8 Å². The average molecular weight is 556 g/mol. The molecule has 186 valence electrons. The van der Waals surface area contributed by atoms with Crippen LogP contribution >= 0.6 is 15.9 Å². The number of aliphatic hydroxyl groups is 1. The van der Waals surface area contributed by atoms with Gasteiger partial charge in [-0.1, -0.05) is 29.8 Å². The van der Waals surface area contributed by atoms with E-state index in [1.165, 1.54) is 6.08 Å². The van der Waals surface area contributed by atoms with Crippen molar-refractivity contribution >= 4 is 45.4 Å². The molecule has 10 heteroatoms. The second kappa shape index (κ2) is 9.25. The molecule has 0 unspecified atom stereocenters. The van der Waals surface area contributed by atoms with E-state index in [9.17, 15) is 29.1 Å². The van der Waals surface area contributed by atoms with Crippen molar-refractivity contribution < 1.29 is 38.6 Å². The van der Waals surface area contributed by atoms with E-state index in [-0.39, 0.29) is 47.7 Å². The molecule has 0 saturated carbocycles. The number of hydrogen-bond acceptors (Lipinski definition) is 8. The fraction of sp³-hybridized carbons (Fsp3) is 0.346. The number of carbonyl (C=O) groups excluding carboxylic acids is 5. The van der Waals surface area contributed by atoms with Crippen molar-refractivity contribution in [3.63, 3.8) is 0 Å². The SMILES string of the molecule is COC(=O)N1C(=O)[C@H]2[C@H](CC=C3[C@H](c4ccccc4OCCO)C4=C(C[C@H]32)C(=O)C(Br)=CC4=O)C1=O. The Morgan fingerprint density at radius 3 is 2.61 bits per heavy atom. The number of fused-ring (bicyclic) bond motifs is 3. The first kappa shape index (κ1) is 24.3. The molecule has 0 radical (unpaired) electrons. The van der Waals surface area contributed by atoms with Crippen molar-refractivity contribution in [2.24, 2.45) is 17.8 Å². The lowest BCUT2D eigenvalue weighted by molar-refractivity contribution is -0.137. The highest BCUT2D eigenvalue weighted by atomic mass is 79.9. The largest absolute Gasteiger partial charge is 0.491 e. The highest BCUT2D eigenvalue weighted by Crippen LogP contribution is 2.56. The number of hydrogen-bond donors (Lipinski definition) is 1. The maximum Gasteiger partial charge on any atom is 0.423 e. The molecule has 1 N–H and O–H groups in total. The highest BCUT2D eigenvalue weighted by Gasteiger charge is 2.58. The lowest BCUT2D eigenvalue weighted by Crippen LogP contribution is -2.40. The zero-order valence-electron chi connectivity index (χ0n) is 19.2. The first-order chi connectivity index (χ1) is 17.3. The molecule has 0 bridgehead atoms. The Morgan fingerprint density at radius 2 is 1.89 bits per heavy atom. The number of para-hydroxylation sites is 1. The summed E-state index contributed by atoms with van der Waals surface area (Å²) in [6, 6.07) is 7.03. The molecule has 36 heavy (non-hydrogen) atoms. The van der Waals surface area contributed by atoms with Gasteiger partial charge in [-0.2, -0.15) is 4.90 Å². The van der Waals surface area contributed by atoms with Gasteiger partial charge in [-0.25, -0.2) is 4.79 Å². The summed E-state index contributed by atoms with van der Waals surface area (Å²) in [5.41, 5.74) is 1.93. The Morgan fingerprint density at radius 1 is 1.14 bits per heavy atom. The average Bonchev–Trinajstić information content (AvgIpc) is 3.14. The number of rotatable bonds is 4. The number of nitrogens with zero attached hydrogens (tertiary/aromatic N) is 1. The predicted molar refractivity (Wildman–Crippen MR) is 128 cm³/mol. The highest BCUT2D eigenvalue weighted by molar-refractivity contribution is 9.12. The van der Waals surface area contributed by atoms with E-state index in [2.05, 4.69) is 20.7 Å². The molecule has 9 nitrogen and oxygen atoms in total. The summed E-state index contributed by atoms with van der Waals surface area (Å²) in [5.74, 6) is -4.44. The number of imide groups is 3. The summed E-state index contributed by atoms with van der Waals surface area (Å²) < 4.78 is 10.5. The molecule has 4 aliphatic rings. The number of Topliss-reactive ketones (excluding diaryl/α,β-unsaturated/α-hetero) is 1. The third-order valence-electron chi connectivity index (χ3n) is 7.27. The molecule has 1 heterocycles. The normalized spacial score (nSPS) is 27.2. The van der Waals surface area contributed by atoms with Crippen molar-refractivity contribution in [3.8, 4) is 5.75 Å². The minimum atomic E-state index is -1.04.